The third kappa shape index (κ3) is 3.86. The smallest absolute Gasteiger partial charge is 0.349 e. The lowest BCUT2D eigenvalue weighted by Gasteiger charge is -2.30. The molecule has 1 aromatic rings. The van der Waals surface area contributed by atoms with Crippen molar-refractivity contribution < 1.29 is 18.0 Å². The molecule has 1 heterocycles. The normalized spacial score (nSPS) is 22.9. The minimum Gasteiger partial charge on any atom is -0.349 e. The summed E-state index contributed by atoms with van der Waals surface area (Å²) in [6, 6.07) is 2.42. The molecule has 0 aliphatic heterocycles. The predicted molar refractivity (Wildman–Crippen MR) is 71.1 cm³/mol. The van der Waals surface area contributed by atoms with E-state index < -0.39 is 29.6 Å². The number of nitrogens with one attached hydrogen (secondary N) is 2. The van der Waals surface area contributed by atoms with Crippen molar-refractivity contribution in [1.82, 2.24) is 10.3 Å². The SMILES string of the molecule is Cc1ccc(C(=O)NC2CCCC(C(F)(F)F)C2)c(=O)[nH]1. The van der Waals surface area contributed by atoms with E-state index in [0.717, 1.165) is 0 Å². The van der Waals surface area contributed by atoms with Gasteiger partial charge in [-0.25, -0.2) is 0 Å². The van der Waals surface area contributed by atoms with Crippen LogP contribution in [-0.4, -0.2) is 23.1 Å². The summed E-state index contributed by atoms with van der Waals surface area (Å²) >= 11 is 0. The highest BCUT2D eigenvalue weighted by molar-refractivity contribution is 5.93. The molecule has 0 saturated heterocycles. The van der Waals surface area contributed by atoms with E-state index in [1.54, 1.807) is 13.0 Å². The summed E-state index contributed by atoms with van der Waals surface area (Å²) in [6.45, 7) is 1.68. The van der Waals surface area contributed by atoms with Crippen molar-refractivity contribution in [1.29, 1.82) is 0 Å². The van der Waals surface area contributed by atoms with Gasteiger partial charge in [0.1, 0.15) is 5.56 Å². The number of carbonyl (C=O) groups is 1. The Bertz CT molecular complexity index is 580. The molecule has 1 aliphatic carbocycles. The van der Waals surface area contributed by atoms with Crippen LogP contribution in [0.2, 0.25) is 0 Å². The standard InChI is InChI=1S/C14H17F3N2O2/c1-8-5-6-11(12(20)18-8)13(21)19-10-4-2-3-9(7-10)14(15,16)17/h5-6,9-10H,2-4,7H2,1H3,(H,18,20)(H,19,21). The number of carbonyl (C=O) groups excluding carboxylic acids is 1. The maximum atomic E-state index is 12.7. The first-order valence-corrected chi connectivity index (χ1v) is 6.85. The highest BCUT2D eigenvalue weighted by Crippen LogP contribution is 2.37. The van der Waals surface area contributed by atoms with Crippen LogP contribution in [0.3, 0.4) is 0 Å². The second-order valence-corrected chi connectivity index (χ2v) is 5.46. The van der Waals surface area contributed by atoms with Crippen molar-refractivity contribution in [2.45, 2.75) is 44.8 Å². The van der Waals surface area contributed by atoms with Crippen LogP contribution in [0.25, 0.3) is 0 Å². The fourth-order valence-electron chi connectivity index (χ4n) is 2.63. The molecule has 0 bridgehead atoms. The number of amides is 1. The third-order valence-electron chi connectivity index (χ3n) is 3.77. The number of H-pyrrole nitrogens is 1. The number of halogens is 3. The van der Waals surface area contributed by atoms with Crippen LogP contribution >= 0.6 is 0 Å². The topological polar surface area (TPSA) is 62.0 Å². The quantitative estimate of drug-likeness (QED) is 0.882. The van der Waals surface area contributed by atoms with Crippen molar-refractivity contribution in [3.63, 3.8) is 0 Å². The van der Waals surface area contributed by atoms with Crippen LogP contribution < -0.4 is 10.9 Å². The van der Waals surface area contributed by atoms with Gasteiger partial charge >= 0.3 is 6.18 Å². The van der Waals surface area contributed by atoms with Gasteiger partial charge in [-0.3, -0.25) is 9.59 Å². The summed E-state index contributed by atoms with van der Waals surface area (Å²) in [5.41, 5.74) is 0.0109. The molecule has 0 aromatic carbocycles. The molecule has 0 spiro atoms. The first-order valence-electron chi connectivity index (χ1n) is 6.85. The van der Waals surface area contributed by atoms with Gasteiger partial charge in [0.15, 0.2) is 0 Å². The monoisotopic (exact) mass is 302 g/mol. The molecular formula is C14H17F3N2O2. The van der Waals surface area contributed by atoms with Gasteiger partial charge in [0.05, 0.1) is 5.92 Å². The molecule has 1 aromatic heterocycles. The maximum Gasteiger partial charge on any atom is 0.391 e. The van der Waals surface area contributed by atoms with Crippen LogP contribution in [0.5, 0.6) is 0 Å². The Morgan fingerprint density at radius 3 is 2.67 bits per heavy atom. The van der Waals surface area contributed by atoms with Gasteiger partial charge in [0.2, 0.25) is 0 Å². The number of aromatic nitrogens is 1. The molecule has 2 unspecified atom stereocenters. The summed E-state index contributed by atoms with van der Waals surface area (Å²) in [5.74, 6) is -2.00. The lowest BCUT2D eigenvalue weighted by molar-refractivity contribution is -0.183. The Labute approximate surface area is 119 Å². The lowest BCUT2D eigenvalue weighted by Crippen LogP contribution is -2.42. The summed E-state index contributed by atoms with van der Waals surface area (Å²) in [5, 5.41) is 2.54. The van der Waals surface area contributed by atoms with E-state index >= 15 is 0 Å². The zero-order valence-corrected chi connectivity index (χ0v) is 11.6. The number of aromatic amines is 1. The largest absolute Gasteiger partial charge is 0.391 e. The Morgan fingerprint density at radius 2 is 2.05 bits per heavy atom. The molecule has 2 atom stereocenters. The van der Waals surface area contributed by atoms with Gasteiger partial charge in [0.25, 0.3) is 11.5 Å². The molecular weight excluding hydrogens is 285 g/mol. The highest BCUT2D eigenvalue weighted by Gasteiger charge is 2.42. The van der Waals surface area contributed by atoms with Crippen molar-refractivity contribution in [2.75, 3.05) is 0 Å². The molecule has 4 nitrogen and oxygen atoms in total. The average molecular weight is 302 g/mol. The summed E-state index contributed by atoms with van der Waals surface area (Å²) < 4.78 is 38.1. The molecule has 2 N–H and O–H groups in total. The molecule has 1 aliphatic rings. The van der Waals surface area contributed by atoms with Crippen molar-refractivity contribution in [3.05, 3.63) is 33.7 Å². The van der Waals surface area contributed by atoms with E-state index in [1.165, 1.54) is 6.07 Å². The fraction of sp³-hybridized carbons (Fsp3) is 0.571. The summed E-state index contributed by atoms with van der Waals surface area (Å²) in [7, 11) is 0. The Morgan fingerprint density at radius 1 is 1.33 bits per heavy atom. The van der Waals surface area contributed by atoms with Crippen LogP contribution in [0.1, 0.15) is 41.7 Å². The van der Waals surface area contributed by atoms with E-state index in [-0.39, 0.29) is 18.4 Å². The lowest BCUT2D eigenvalue weighted by atomic mass is 9.85. The number of aryl methyl sites for hydroxylation is 1. The van der Waals surface area contributed by atoms with Gasteiger partial charge in [-0.2, -0.15) is 13.2 Å². The number of alkyl halides is 3. The fourth-order valence-corrected chi connectivity index (χ4v) is 2.63. The van der Waals surface area contributed by atoms with E-state index in [2.05, 4.69) is 10.3 Å². The van der Waals surface area contributed by atoms with E-state index in [1.807, 2.05) is 0 Å². The Kier molecular flexibility index (Phi) is 4.39. The highest BCUT2D eigenvalue weighted by atomic mass is 19.4. The van der Waals surface area contributed by atoms with E-state index in [9.17, 15) is 22.8 Å². The third-order valence-corrected chi connectivity index (χ3v) is 3.77. The minimum atomic E-state index is -4.23. The molecule has 0 radical (unpaired) electrons. The molecule has 116 valence electrons. The van der Waals surface area contributed by atoms with Gasteiger partial charge in [-0.15, -0.1) is 0 Å². The molecule has 1 saturated carbocycles. The Hall–Kier alpha value is -1.79. The van der Waals surface area contributed by atoms with Gasteiger partial charge < -0.3 is 10.3 Å². The van der Waals surface area contributed by atoms with Crippen molar-refractivity contribution in [2.24, 2.45) is 5.92 Å². The minimum absolute atomic E-state index is 0.0743. The molecule has 1 amide bonds. The first-order chi connectivity index (χ1) is 9.77. The first kappa shape index (κ1) is 15.6. The number of pyridine rings is 1. The van der Waals surface area contributed by atoms with Crippen LogP contribution in [0.15, 0.2) is 16.9 Å². The van der Waals surface area contributed by atoms with E-state index in [0.29, 0.717) is 18.5 Å². The number of hydrogen-bond acceptors (Lipinski definition) is 2. The number of hydrogen-bond donors (Lipinski definition) is 2. The average Bonchev–Trinajstić information content (AvgIpc) is 2.37. The molecule has 7 heteroatoms. The summed E-state index contributed by atoms with van der Waals surface area (Å²) in [6.07, 6.45) is -3.34. The molecule has 2 rings (SSSR count). The van der Waals surface area contributed by atoms with Crippen molar-refractivity contribution >= 4 is 5.91 Å². The molecule has 1 fully saturated rings. The molecule has 21 heavy (non-hydrogen) atoms. The predicted octanol–water partition coefficient (Wildman–Crippen LogP) is 2.53. The zero-order chi connectivity index (χ0) is 15.6. The second kappa shape index (κ2) is 5.91. The second-order valence-electron chi connectivity index (χ2n) is 5.46. The van der Waals surface area contributed by atoms with Crippen molar-refractivity contribution in [3.8, 4) is 0 Å². The van der Waals surface area contributed by atoms with Gasteiger partial charge in [0, 0.05) is 11.7 Å². The van der Waals surface area contributed by atoms with Crippen LogP contribution in [-0.2, 0) is 0 Å². The summed E-state index contributed by atoms with van der Waals surface area (Å²) in [4.78, 5) is 26.1. The number of rotatable bonds is 2. The van der Waals surface area contributed by atoms with Crippen LogP contribution in [0, 0.1) is 12.8 Å². The van der Waals surface area contributed by atoms with Crippen LogP contribution in [0.4, 0.5) is 13.2 Å². The van der Waals surface area contributed by atoms with Gasteiger partial charge in [-0.1, -0.05) is 6.42 Å². The maximum absolute atomic E-state index is 12.7. The Balaban J connectivity index is 2.04. The van der Waals surface area contributed by atoms with E-state index in [4.69, 9.17) is 0 Å². The van der Waals surface area contributed by atoms with Gasteiger partial charge in [-0.05, 0) is 38.3 Å². The zero-order valence-electron chi connectivity index (χ0n) is 11.6.